The Morgan fingerprint density at radius 3 is 2.41 bits per heavy atom. The highest BCUT2D eigenvalue weighted by atomic mass is 19.1. The lowest BCUT2D eigenvalue weighted by Crippen LogP contribution is -2.48. The van der Waals surface area contributed by atoms with Crippen molar-refractivity contribution in [3.8, 4) is 0 Å². The number of carbonyl (C=O) groups excluding carboxylic acids is 2. The molecule has 0 aliphatic carbocycles. The maximum absolute atomic E-state index is 13.0. The lowest BCUT2D eigenvalue weighted by molar-refractivity contribution is 0.0879. The molecule has 0 spiro atoms. The Bertz CT molecular complexity index is 1150. The average Bonchev–Trinajstić information content (AvgIpc) is 3.26. The minimum absolute atomic E-state index is 0.144. The van der Waals surface area contributed by atoms with Crippen molar-refractivity contribution >= 4 is 34.2 Å². The van der Waals surface area contributed by atoms with Gasteiger partial charge in [0.1, 0.15) is 5.82 Å². The highest BCUT2D eigenvalue weighted by molar-refractivity contribution is 6.07. The first kappa shape index (κ1) is 20.4. The Balaban J connectivity index is 1.27. The summed E-state index contributed by atoms with van der Waals surface area (Å²) in [7, 11) is 2.17. The molecule has 2 saturated heterocycles. The molecule has 2 aromatic carbocycles. The van der Waals surface area contributed by atoms with E-state index in [9.17, 15) is 14.0 Å². The lowest BCUT2D eigenvalue weighted by atomic mass is 9.98. The van der Waals surface area contributed by atoms with Crippen LogP contribution in [0.2, 0.25) is 0 Å². The molecule has 2 aliphatic heterocycles. The number of amides is 3. The highest BCUT2D eigenvalue weighted by Crippen LogP contribution is 2.34. The number of benzene rings is 2. The molecule has 1 aromatic heterocycles. The number of piperidine rings is 1. The van der Waals surface area contributed by atoms with Crippen LogP contribution in [-0.4, -0.2) is 52.2 Å². The van der Waals surface area contributed by atoms with Gasteiger partial charge in [-0.3, -0.25) is 9.89 Å². The van der Waals surface area contributed by atoms with E-state index in [1.54, 1.807) is 18.2 Å². The zero-order chi connectivity index (χ0) is 22.2. The summed E-state index contributed by atoms with van der Waals surface area (Å²) in [5.41, 5.74) is 2.02. The summed E-state index contributed by atoms with van der Waals surface area (Å²) in [5.74, 6) is -0.585. The Kier molecular flexibility index (Phi) is 5.26. The maximum atomic E-state index is 13.0. The summed E-state index contributed by atoms with van der Waals surface area (Å²) in [6.07, 6.45) is 4.29. The number of fused-ring (bicyclic) bond motifs is 3. The Labute approximate surface area is 184 Å². The van der Waals surface area contributed by atoms with E-state index in [0.29, 0.717) is 40.1 Å². The Morgan fingerprint density at radius 1 is 1.03 bits per heavy atom. The third-order valence-electron chi connectivity index (χ3n) is 6.57. The van der Waals surface area contributed by atoms with Gasteiger partial charge in [-0.05, 0) is 75.2 Å². The van der Waals surface area contributed by atoms with E-state index in [1.165, 1.54) is 37.1 Å². The number of aromatic nitrogens is 2. The van der Waals surface area contributed by atoms with Gasteiger partial charge in [0.2, 0.25) is 0 Å². The van der Waals surface area contributed by atoms with E-state index < -0.39 is 6.03 Å². The average molecular weight is 436 g/mol. The van der Waals surface area contributed by atoms with Crippen LogP contribution in [0.4, 0.5) is 20.6 Å². The standard InChI is InChI=1S/C23H25FN6O2/c1-30-17-7-8-18(30)11-16(10-17)25-22(31)21-19-12-15(6-9-20(19)28-29-21)27-23(32)26-14-4-2-13(24)3-5-14/h2-6,9,12,16-18H,7-8,10-11H2,1H3,(H,25,31)(H,28,29)(H2,26,27,32)/t16-,17+,18-. The van der Waals surface area contributed by atoms with Crippen molar-refractivity contribution in [3.63, 3.8) is 0 Å². The molecule has 3 heterocycles. The number of hydrogen-bond donors (Lipinski definition) is 4. The van der Waals surface area contributed by atoms with Crippen LogP contribution in [0.15, 0.2) is 42.5 Å². The van der Waals surface area contributed by atoms with Crippen molar-refractivity contribution in [2.75, 3.05) is 17.7 Å². The Morgan fingerprint density at radius 2 is 1.69 bits per heavy atom. The number of anilines is 2. The van der Waals surface area contributed by atoms with E-state index >= 15 is 0 Å². The molecule has 2 aliphatic rings. The monoisotopic (exact) mass is 436 g/mol. The summed E-state index contributed by atoms with van der Waals surface area (Å²) < 4.78 is 13.0. The molecule has 2 bridgehead atoms. The van der Waals surface area contributed by atoms with Gasteiger partial charge in [0.15, 0.2) is 5.69 Å². The molecule has 0 saturated carbocycles. The number of halogens is 1. The van der Waals surface area contributed by atoms with Crippen LogP contribution < -0.4 is 16.0 Å². The number of nitrogens with one attached hydrogen (secondary N) is 4. The normalized spacial score (nSPS) is 22.6. The van der Waals surface area contributed by atoms with E-state index in [4.69, 9.17) is 0 Å². The molecular weight excluding hydrogens is 411 g/mol. The van der Waals surface area contributed by atoms with Gasteiger partial charge in [0.25, 0.3) is 5.91 Å². The predicted molar refractivity (Wildman–Crippen MR) is 120 cm³/mol. The molecule has 4 N–H and O–H groups in total. The second kappa shape index (κ2) is 8.23. The topological polar surface area (TPSA) is 102 Å². The first-order valence-corrected chi connectivity index (χ1v) is 10.8. The number of hydrogen-bond acceptors (Lipinski definition) is 4. The van der Waals surface area contributed by atoms with E-state index in [2.05, 4.69) is 38.1 Å². The molecule has 3 aromatic rings. The number of aromatic amines is 1. The van der Waals surface area contributed by atoms with Crippen molar-refractivity contribution in [3.05, 3.63) is 54.0 Å². The van der Waals surface area contributed by atoms with Crippen LogP contribution >= 0.6 is 0 Å². The van der Waals surface area contributed by atoms with Gasteiger partial charge >= 0.3 is 6.03 Å². The van der Waals surface area contributed by atoms with Gasteiger partial charge in [0.05, 0.1) is 5.52 Å². The zero-order valence-corrected chi connectivity index (χ0v) is 17.7. The molecule has 2 fully saturated rings. The third kappa shape index (κ3) is 4.03. The molecule has 32 heavy (non-hydrogen) atoms. The van der Waals surface area contributed by atoms with E-state index in [1.807, 2.05) is 0 Å². The van der Waals surface area contributed by atoms with Gasteiger partial charge in [-0.1, -0.05) is 0 Å². The van der Waals surface area contributed by atoms with Gasteiger partial charge in [0, 0.05) is 34.9 Å². The van der Waals surface area contributed by atoms with Gasteiger partial charge < -0.3 is 20.9 Å². The van der Waals surface area contributed by atoms with Crippen LogP contribution in [-0.2, 0) is 0 Å². The lowest BCUT2D eigenvalue weighted by Gasteiger charge is -2.36. The molecule has 0 radical (unpaired) electrons. The number of rotatable bonds is 4. The molecule has 8 nitrogen and oxygen atoms in total. The van der Waals surface area contributed by atoms with Crippen LogP contribution in [0, 0.1) is 5.82 Å². The second-order valence-electron chi connectivity index (χ2n) is 8.61. The highest BCUT2D eigenvalue weighted by Gasteiger charge is 2.39. The van der Waals surface area contributed by atoms with Gasteiger partial charge in [-0.15, -0.1) is 0 Å². The summed E-state index contributed by atoms with van der Waals surface area (Å²) in [4.78, 5) is 27.7. The number of carbonyl (C=O) groups is 2. The predicted octanol–water partition coefficient (Wildman–Crippen LogP) is 3.70. The SMILES string of the molecule is CN1[C@@H]2CC[C@H]1C[C@@H](NC(=O)c1n[nH]c3ccc(NC(=O)Nc4ccc(F)cc4)cc13)C2. The molecule has 0 unspecified atom stereocenters. The molecule has 9 heteroatoms. The summed E-state index contributed by atoms with van der Waals surface area (Å²) in [5, 5.41) is 16.3. The minimum Gasteiger partial charge on any atom is -0.348 e. The van der Waals surface area contributed by atoms with Crippen LogP contribution in [0.3, 0.4) is 0 Å². The third-order valence-corrected chi connectivity index (χ3v) is 6.57. The summed E-state index contributed by atoms with van der Waals surface area (Å²) >= 11 is 0. The van der Waals surface area contributed by atoms with Crippen LogP contribution in [0.1, 0.15) is 36.2 Å². The van der Waals surface area contributed by atoms with Crippen molar-refractivity contribution in [2.45, 2.75) is 43.8 Å². The van der Waals surface area contributed by atoms with Crippen molar-refractivity contribution in [1.29, 1.82) is 0 Å². The number of nitrogens with zero attached hydrogens (tertiary/aromatic N) is 2. The van der Waals surface area contributed by atoms with E-state index in [0.717, 1.165) is 12.8 Å². The summed E-state index contributed by atoms with van der Waals surface area (Å²) in [6.45, 7) is 0. The minimum atomic E-state index is -0.466. The molecular formula is C23H25FN6O2. The fourth-order valence-corrected chi connectivity index (χ4v) is 4.87. The second-order valence-corrected chi connectivity index (χ2v) is 8.61. The fourth-order valence-electron chi connectivity index (χ4n) is 4.87. The summed E-state index contributed by atoms with van der Waals surface area (Å²) in [6, 6.07) is 11.5. The van der Waals surface area contributed by atoms with Crippen LogP contribution in [0.25, 0.3) is 10.9 Å². The number of H-pyrrole nitrogens is 1. The first-order chi connectivity index (χ1) is 15.5. The van der Waals surface area contributed by atoms with Gasteiger partial charge in [-0.25, -0.2) is 9.18 Å². The Hall–Kier alpha value is -3.46. The molecule has 5 rings (SSSR count). The smallest absolute Gasteiger partial charge is 0.323 e. The number of urea groups is 1. The van der Waals surface area contributed by atoms with Crippen LogP contribution in [0.5, 0.6) is 0 Å². The first-order valence-electron chi connectivity index (χ1n) is 10.8. The van der Waals surface area contributed by atoms with Gasteiger partial charge in [-0.2, -0.15) is 5.10 Å². The van der Waals surface area contributed by atoms with Crippen molar-refractivity contribution in [1.82, 2.24) is 20.4 Å². The molecule has 3 atom stereocenters. The van der Waals surface area contributed by atoms with E-state index in [-0.39, 0.29) is 17.8 Å². The maximum Gasteiger partial charge on any atom is 0.323 e. The van der Waals surface area contributed by atoms with Crippen molar-refractivity contribution < 1.29 is 14.0 Å². The van der Waals surface area contributed by atoms with Crippen molar-refractivity contribution in [2.24, 2.45) is 0 Å². The fraction of sp³-hybridized carbons (Fsp3) is 0.348. The molecule has 3 amide bonds. The zero-order valence-electron chi connectivity index (χ0n) is 17.7. The largest absolute Gasteiger partial charge is 0.348 e. The quantitative estimate of drug-likeness (QED) is 0.501. The molecule has 166 valence electrons.